The normalized spacial score (nSPS) is 13.4. The predicted molar refractivity (Wildman–Crippen MR) is 96.2 cm³/mol. The van der Waals surface area contributed by atoms with Crippen molar-refractivity contribution in [2.75, 3.05) is 32.8 Å². The molecule has 0 amide bonds. The van der Waals surface area contributed by atoms with E-state index in [1.165, 1.54) is 4.88 Å². The molecule has 1 unspecified atom stereocenters. The van der Waals surface area contributed by atoms with Gasteiger partial charge >= 0.3 is 0 Å². The Morgan fingerprint density at radius 2 is 2.17 bits per heavy atom. The molecule has 1 atom stereocenters. The van der Waals surface area contributed by atoms with Crippen LogP contribution in [0.5, 0.6) is 0 Å². The first-order chi connectivity index (χ1) is 11.0. The fraction of sp³-hybridized carbons (Fsp3) is 0.750. The van der Waals surface area contributed by atoms with Crippen LogP contribution >= 0.6 is 11.3 Å². The lowest BCUT2D eigenvalue weighted by Gasteiger charge is -2.13. The van der Waals surface area contributed by atoms with Crippen molar-refractivity contribution < 1.29 is 9.84 Å². The molecule has 1 heterocycles. The minimum atomic E-state index is -0.578. The van der Waals surface area contributed by atoms with Gasteiger partial charge in [0.15, 0.2) is 5.96 Å². The second-order valence-corrected chi connectivity index (χ2v) is 7.17. The van der Waals surface area contributed by atoms with Crippen LogP contribution in [0.15, 0.2) is 11.2 Å². The second kappa shape index (κ2) is 11.4. The Hall–Kier alpha value is -1.18. The quantitative estimate of drug-likeness (QED) is 0.444. The summed E-state index contributed by atoms with van der Waals surface area (Å²) in [6.45, 7) is 11.1. The Kier molecular flexibility index (Phi) is 9.82. The van der Waals surface area contributed by atoms with Crippen LogP contribution in [0.25, 0.3) is 0 Å². The highest BCUT2D eigenvalue weighted by Gasteiger charge is 2.06. The first-order valence-electron chi connectivity index (χ1n) is 8.20. The number of nitrogens with one attached hydrogen (secondary N) is 2. The highest BCUT2D eigenvalue weighted by atomic mass is 32.1. The van der Waals surface area contributed by atoms with Crippen LogP contribution < -0.4 is 10.6 Å². The van der Waals surface area contributed by atoms with Crippen LogP contribution in [-0.2, 0) is 11.2 Å². The van der Waals surface area contributed by atoms with Gasteiger partial charge in [0.25, 0.3) is 0 Å². The van der Waals surface area contributed by atoms with Crippen molar-refractivity contribution >= 4 is 17.3 Å². The van der Waals surface area contributed by atoms with Gasteiger partial charge in [-0.15, -0.1) is 11.3 Å². The summed E-state index contributed by atoms with van der Waals surface area (Å²) in [6.07, 6.45) is 2.18. The minimum absolute atomic E-state index is 0.319. The lowest BCUT2D eigenvalue weighted by molar-refractivity contribution is 0.0301. The molecule has 0 aromatic carbocycles. The van der Waals surface area contributed by atoms with Gasteiger partial charge < -0.3 is 20.5 Å². The van der Waals surface area contributed by atoms with Gasteiger partial charge in [-0.25, -0.2) is 4.98 Å². The number of nitrogens with zero attached hydrogens (tertiary/aromatic N) is 2. The van der Waals surface area contributed by atoms with Crippen LogP contribution in [0.1, 0.15) is 30.7 Å². The number of ether oxygens (including phenoxy) is 1. The molecule has 0 aliphatic heterocycles. The van der Waals surface area contributed by atoms with E-state index in [9.17, 15) is 5.11 Å². The smallest absolute Gasteiger partial charge is 0.191 e. The summed E-state index contributed by atoms with van der Waals surface area (Å²) in [4.78, 5) is 9.96. The summed E-state index contributed by atoms with van der Waals surface area (Å²) in [7, 11) is 0. The highest BCUT2D eigenvalue weighted by Crippen LogP contribution is 2.10. The van der Waals surface area contributed by atoms with E-state index < -0.39 is 6.10 Å². The molecule has 23 heavy (non-hydrogen) atoms. The Morgan fingerprint density at radius 1 is 1.39 bits per heavy atom. The van der Waals surface area contributed by atoms with E-state index in [0.717, 1.165) is 24.5 Å². The Bertz CT molecular complexity index is 463. The maximum atomic E-state index is 9.89. The molecule has 0 saturated heterocycles. The summed E-state index contributed by atoms with van der Waals surface area (Å²) < 4.78 is 5.42. The summed E-state index contributed by atoms with van der Waals surface area (Å²) >= 11 is 1.71. The molecule has 0 aliphatic carbocycles. The van der Waals surface area contributed by atoms with Gasteiger partial charge in [0.1, 0.15) is 0 Å². The second-order valence-electron chi connectivity index (χ2n) is 5.85. The molecule has 0 fully saturated rings. The predicted octanol–water partition coefficient (Wildman–Crippen LogP) is 1.58. The van der Waals surface area contributed by atoms with Crippen LogP contribution in [0.4, 0.5) is 0 Å². The third kappa shape index (κ3) is 9.53. The van der Waals surface area contributed by atoms with Crippen LogP contribution in [-0.4, -0.2) is 55.0 Å². The third-order valence-corrected chi connectivity index (χ3v) is 3.84. The van der Waals surface area contributed by atoms with E-state index >= 15 is 0 Å². The van der Waals surface area contributed by atoms with Gasteiger partial charge in [-0.05, 0) is 19.8 Å². The molecule has 0 aliphatic rings. The van der Waals surface area contributed by atoms with Gasteiger partial charge in [0.05, 0.1) is 24.3 Å². The van der Waals surface area contributed by atoms with Gasteiger partial charge in [-0.3, -0.25) is 4.99 Å². The average Bonchev–Trinajstić information content (AvgIpc) is 2.90. The number of rotatable bonds is 10. The highest BCUT2D eigenvalue weighted by molar-refractivity contribution is 7.11. The fourth-order valence-electron chi connectivity index (χ4n) is 1.84. The van der Waals surface area contributed by atoms with Crippen molar-refractivity contribution in [3.05, 3.63) is 16.1 Å². The maximum absolute atomic E-state index is 9.89. The molecule has 0 spiro atoms. The fourth-order valence-corrected chi connectivity index (χ4v) is 2.62. The van der Waals surface area contributed by atoms with Crippen molar-refractivity contribution in [1.29, 1.82) is 0 Å². The van der Waals surface area contributed by atoms with Gasteiger partial charge in [-0.1, -0.05) is 13.8 Å². The monoisotopic (exact) mass is 342 g/mol. The van der Waals surface area contributed by atoms with Crippen molar-refractivity contribution in [1.82, 2.24) is 15.6 Å². The van der Waals surface area contributed by atoms with E-state index in [1.807, 2.05) is 13.1 Å². The maximum Gasteiger partial charge on any atom is 0.191 e. The lowest BCUT2D eigenvalue weighted by atomic mass is 10.2. The van der Waals surface area contributed by atoms with E-state index in [1.54, 1.807) is 11.3 Å². The van der Waals surface area contributed by atoms with E-state index in [0.29, 0.717) is 31.6 Å². The molecule has 0 saturated carbocycles. The molecular weight excluding hydrogens is 312 g/mol. The Labute approximate surface area is 143 Å². The molecule has 6 nitrogen and oxygen atoms in total. The Balaban J connectivity index is 2.31. The van der Waals surface area contributed by atoms with Crippen LogP contribution in [0, 0.1) is 12.8 Å². The molecule has 1 aromatic heterocycles. The van der Waals surface area contributed by atoms with Gasteiger partial charge in [0, 0.05) is 37.2 Å². The molecule has 1 aromatic rings. The van der Waals surface area contributed by atoms with Crippen molar-refractivity contribution in [3.63, 3.8) is 0 Å². The number of aliphatic hydroxyl groups is 1. The Morgan fingerprint density at radius 3 is 2.78 bits per heavy atom. The minimum Gasteiger partial charge on any atom is -0.389 e. The number of hydrogen-bond donors (Lipinski definition) is 3. The lowest BCUT2D eigenvalue weighted by Crippen LogP contribution is -2.39. The number of aliphatic imine (C=N–C) groups is 1. The standard InChI is InChI=1S/C16H30N4O2S/c1-5-17-16(18-7-6-15-19-8-13(4)23-15)20-9-14(21)11-22-10-12(2)3/h8,12,14,21H,5-7,9-11H2,1-4H3,(H2,17,18,20). The molecule has 0 radical (unpaired) electrons. The number of aryl methyl sites for hydroxylation is 1. The van der Waals surface area contributed by atoms with Gasteiger partial charge in [-0.2, -0.15) is 0 Å². The summed E-state index contributed by atoms with van der Waals surface area (Å²) in [5.41, 5.74) is 0. The number of guanidine groups is 1. The van der Waals surface area contributed by atoms with E-state index in [4.69, 9.17) is 4.74 Å². The van der Waals surface area contributed by atoms with Gasteiger partial charge in [0.2, 0.25) is 0 Å². The number of thiazole rings is 1. The molecule has 0 bridgehead atoms. The van der Waals surface area contributed by atoms with E-state index in [2.05, 4.69) is 41.4 Å². The number of aliphatic hydroxyl groups excluding tert-OH is 1. The zero-order valence-corrected chi connectivity index (χ0v) is 15.4. The third-order valence-electron chi connectivity index (χ3n) is 2.87. The SMILES string of the molecule is CCNC(=NCC(O)COCC(C)C)NCCc1ncc(C)s1. The van der Waals surface area contributed by atoms with E-state index in [-0.39, 0.29) is 0 Å². The van der Waals surface area contributed by atoms with Crippen LogP contribution in [0.3, 0.4) is 0 Å². The average molecular weight is 343 g/mol. The molecule has 1 rings (SSSR count). The summed E-state index contributed by atoms with van der Waals surface area (Å²) in [5.74, 6) is 1.18. The molecular formula is C16H30N4O2S. The van der Waals surface area contributed by atoms with Crippen molar-refractivity contribution in [2.24, 2.45) is 10.9 Å². The topological polar surface area (TPSA) is 78.8 Å². The number of hydrogen-bond acceptors (Lipinski definition) is 5. The zero-order valence-electron chi connectivity index (χ0n) is 14.6. The van der Waals surface area contributed by atoms with Crippen molar-refractivity contribution in [2.45, 2.75) is 40.2 Å². The number of aromatic nitrogens is 1. The summed E-state index contributed by atoms with van der Waals surface area (Å²) in [6, 6.07) is 0. The zero-order chi connectivity index (χ0) is 17.1. The first kappa shape index (κ1) is 19.9. The largest absolute Gasteiger partial charge is 0.389 e. The molecule has 3 N–H and O–H groups in total. The van der Waals surface area contributed by atoms with Crippen molar-refractivity contribution in [3.8, 4) is 0 Å². The molecule has 132 valence electrons. The first-order valence-corrected chi connectivity index (χ1v) is 9.02. The summed E-state index contributed by atoms with van der Waals surface area (Å²) in [5, 5.41) is 17.4. The van der Waals surface area contributed by atoms with Crippen LogP contribution in [0.2, 0.25) is 0 Å². The molecule has 7 heteroatoms.